The molecule has 6 aliphatic rings. The Morgan fingerprint density at radius 1 is 0.388 bits per heavy atom. The molecule has 295 valence electrons. The summed E-state index contributed by atoms with van der Waals surface area (Å²) in [5.41, 5.74) is 1.38. The van der Waals surface area contributed by atoms with Crippen LogP contribution in [0.5, 0.6) is 0 Å². The first kappa shape index (κ1) is 48.8. The molecule has 6 N–H and O–H groups in total. The fourth-order valence-electron chi connectivity index (χ4n) is 5.73. The SMILES string of the molecule is CC1=CCN(O)CC1.CC1CCN(O)CC1.CC1CCN(O)CC1.CC1CCN(O)CC1.CC1CCN(O)CC1.CC1CCN(O)CC1.[Cu+2]. The summed E-state index contributed by atoms with van der Waals surface area (Å²) < 4.78 is 0. The van der Waals surface area contributed by atoms with E-state index in [1.54, 1.807) is 0 Å². The van der Waals surface area contributed by atoms with Crippen molar-refractivity contribution in [1.29, 1.82) is 0 Å². The Labute approximate surface area is 309 Å². The Morgan fingerprint density at radius 3 is 0.714 bits per heavy atom. The molecule has 6 heterocycles. The van der Waals surface area contributed by atoms with Crippen LogP contribution in [0.3, 0.4) is 0 Å². The van der Waals surface area contributed by atoms with Crippen molar-refractivity contribution in [3.8, 4) is 0 Å². The van der Waals surface area contributed by atoms with Gasteiger partial charge in [0.25, 0.3) is 0 Å². The van der Waals surface area contributed by atoms with E-state index in [1.165, 1.54) is 36.0 Å². The summed E-state index contributed by atoms with van der Waals surface area (Å²) in [4.78, 5) is 0. The third kappa shape index (κ3) is 28.0. The van der Waals surface area contributed by atoms with Crippen LogP contribution in [0.1, 0.15) is 112 Å². The molecular weight excluding hydrogens is 676 g/mol. The molecule has 1 radical (unpaired) electrons. The average Bonchev–Trinajstić information content (AvgIpc) is 3.07. The summed E-state index contributed by atoms with van der Waals surface area (Å²) >= 11 is 0. The van der Waals surface area contributed by atoms with E-state index in [9.17, 15) is 0 Å². The topological polar surface area (TPSA) is 141 Å². The molecule has 5 fully saturated rings. The fraction of sp³-hybridized carbons (Fsp3) is 0.944. The van der Waals surface area contributed by atoms with Gasteiger partial charge in [-0.3, -0.25) is 0 Å². The molecule has 6 rings (SSSR count). The van der Waals surface area contributed by atoms with E-state index < -0.39 is 0 Å². The Kier molecular flexibility index (Phi) is 29.1. The van der Waals surface area contributed by atoms with Crippen molar-refractivity contribution in [1.82, 2.24) is 30.4 Å². The van der Waals surface area contributed by atoms with Gasteiger partial charge in [-0.15, -0.1) is 0 Å². The van der Waals surface area contributed by atoms with Gasteiger partial charge in [-0.05, 0) is 107 Å². The normalized spacial score (nSPS) is 25.2. The number of hydroxylamine groups is 12. The minimum Gasteiger partial charge on any atom is -0.314 e. The Balaban J connectivity index is 0.000000562. The zero-order valence-corrected chi connectivity index (χ0v) is 32.8. The van der Waals surface area contributed by atoms with Crippen molar-refractivity contribution in [2.75, 3.05) is 78.5 Å². The first-order chi connectivity index (χ1) is 22.7. The van der Waals surface area contributed by atoms with Crippen LogP contribution in [0.2, 0.25) is 0 Å². The third-order valence-corrected chi connectivity index (χ3v) is 10.2. The van der Waals surface area contributed by atoms with E-state index >= 15 is 0 Å². The average molecular weight is 753 g/mol. The number of nitrogens with zero attached hydrogens (tertiary/aromatic N) is 6. The van der Waals surface area contributed by atoms with Crippen molar-refractivity contribution in [2.24, 2.45) is 29.6 Å². The molecule has 0 unspecified atom stereocenters. The molecule has 6 aliphatic heterocycles. The molecule has 0 aromatic heterocycles. The number of hydrogen-bond acceptors (Lipinski definition) is 12. The van der Waals surface area contributed by atoms with Gasteiger partial charge in [0.15, 0.2) is 0 Å². The van der Waals surface area contributed by atoms with Crippen LogP contribution in [0, 0.1) is 29.6 Å². The maximum Gasteiger partial charge on any atom is 2.00 e. The molecule has 13 heteroatoms. The van der Waals surface area contributed by atoms with Gasteiger partial charge in [0.05, 0.1) is 0 Å². The molecule has 0 saturated carbocycles. The van der Waals surface area contributed by atoms with Crippen molar-refractivity contribution in [2.45, 2.75) is 112 Å². The number of piperidine rings is 5. The molecule has 0 atom stereocenters. The molecule has 0 amide bonds. The largest absolute Gasteiger partial charge is 2.00 e. The second-order valence-electron chi connectivity index (χ2n) is 15.4. The molecule has 12 nitrogen and oxygen atoms in total. The van der Waals surface area contributed by atoms with Crippen molar-refractivity contribution < 1.29 is 48.3 Å². The summed E-state index contributed by atoms with van der Waals surface area (Å²) in [6, 6.07) is 0. The van der Waals surface area contributed by atoms with Crippen LogP contribution in [0.25, 0.3) is 0 Å². The monoisotopic (exact) mass is 752 g/mol. The minimum absolute atomic E-state index is 0. The smallest absolute Gasteiger partial charge is 0.314 e. The molecule has 0 aromatic carbocycles. The molecule has 49 heavy (non-hydrogen) atoms. The number of rotatable bonds is 0. The molecule has 0 spiro atoms. The molecule has 0 aromatic rings. The second kappa shape index (κ2) is 29.3. The summed E-state index contributed by atoms with van der Waals surface area (Å²) in [6.45, 7) is 23.4. The summed E-state index contributed by atoms with van der Waals surface area (Å²) in [6.07, 6.45) is 14.5. The molecule has 5 saturated heterocycles. The van der Waals surface area contributed by atoms with Crippen molar-refractivity contribution >= 4 is 0 Å². The predicted molar refractivity (Wildman–Crippen MR) is 191 cm³/mol. The molecule has 0 aliphatic carbocycles. The quantitative estimate of drug-likeness (QED) is 0.118. The zero-order chi connectivity index (χ0) is 35.9. The number of hydrogen-bond donors (Lipinski definition) is 6. The van der Waals surface area contributed by atoms with Crippen molar-refractivity contribution in [3.63, 3.8) is 0 Å². The van der Waals surface area contributed by atoms with E-state index in [4.69, 9.17) is 31.2 Å². The molecular formula is C36H76CuN6O6+2. The van der Waals surface area contributed by atoms with E-state index in [1.807, 2.05) is 6.08 Å². The van der Waals surface area contributed by atoms with Gasteiger partial charge in [-0.2, -0.15) is 30.4 Å². The van der Waals surface area contributed by atoms with Gasteiger partial charge in [-0.25, -0.2) is 0 Å². The first-order valence-electron chi connectivity index (χ1n) is 19.0. The third-order valence-electron chi connectivity index (χ3n) is 10.2. The summed E-state index contributed by atoms with van der Waals surface area (Å²) in [5, 5.41) is 61.5. The van der Waals surface area contributed by atoms with E-state index in [0.717, 1.165) is 172 Å². The Hall–Kier alpha value is -0.221. The standard InChI is InChI=1S/5C6H13NO.C6H11NO.Cu/c6*1-6-2-4-7(8)5-3-6;/h5*6,8H,2-5H2,1H3;2,8H,3-5H2,1H3;/q;;;;;;+2. The van der Waals surface area contributed by atoms with Crippen LogP contribution in [0.15, 0.2) is 11.6 Å². The summed E-state index contributed by atoms with van der Waals surface area (Å²) in [5.74, 6) is 4.09. The van der Waals surface area contributed by atoms with E-state index in [2.05, 4.69) is 41.5 Å². The van der Waals surface area contributed by atoms with Gasteiger partial charge in [-0.1, -0.05) is 46.3 Å². The second-order valence-corrected chi connectivity index (χ2v) is 15.4. The van der Waals surface area contributed by atoms with Gasteiger partial charge >= 0.3 is 17.1 Å². The van der Waals surface area contributed by atoms with Gasteiger partial charge in [0, 0.05) is 78.5 Å². The zero-order valence-electron chi connectivity index (χ0n) is 31.9. The summed E-state index contributed by atoms with van der Waals surface area (Å²) in [7, 11) is 0. The van der Waals surface area contributed by atoms with Gasteiger partial charge in [0.2, 0.25) is 0 Å². The molecule has 0 bridgehead atoms. The van der Waals surface area contributed by atoms with Crippen LogP contribution in [-0.4, -0.2) is 140 Å². The Bertz CT molecular complexity index is 614. The van der Waals surface area contributed by atoms with Gasteiger partial charge in [0.1, 0.15) is 0 Å². The fourth-order valence-corrected chi connectivity index (χ4v) is 5.73. The van der Waals surface area contributed by atoms with Crippen LogP contribution >= 0.6 is 0 Å². The van der Waals surface area contributed by atoms with Crippen LogP contribution < -0.4 is 0 Å². The van der Waals surface area contributed by atoms with Crippen LogP contribution in [0.4, 0.5) is 0 Å². The van der Waals surface area contributed by atoms with Crippen molar-refractivity contribution in [3.05, 3.63) is 11.6 Å². The van der Waals surface area contributed by atoms with E-state index in [0.29, 0.717) is 6.54 Å². The van der Waals surface area contributed by atoms with Crippen LogP contribution in [-0.2, 0) is 17.1 Å². The maximum atomic E-state index is 8.86. The van der Waals surface area contributed by atoms with Gasteiger partial charge < -0.3 is 31.2 Å². The maximum absolute atomic E-state index is 8.86. The first-order valence-corrected chi connectivity index (χ1v) is 19.0. The Morgan fingerprint density at radius 2 is 0.592 bits per heavy atom. The predicted octanol–water partition coefficient (Wildman–Crippen LogP) is 6.56. The van der Waals surface area contributed by atoms with E-state index in [-0.39, 0.29) is 17.1 Å². The minimum atomic E-state index is 0.